The van der Waals surface area contributed by atoms with Crippen LogP contribution in [0.4, 0.5) is 9.93 Å². The van der Waals surface area contributed by atoms with Crippen molar-refractivity contribution in [2.24, 2.45) is 0 Å². The molecule has 1 saturated heterocycles. The van der Waals surface area contributed by atoms with Crippen LogP contribution in [0.25, 0.3) is 0 Å². The molecule has 1 fully saturated rings. The summed E-state index contributed by atoms with van der Waals surface area (Å²) in [6.07, 6.45) is 3.25. The number of hydrogen-bond donors (Lipinski definition) is 1. The number of urea groups is 1. The number of carboxylic acids is 1. The molecule has 0 radical (unpaired) electrons. The molecule has 1 aromatic rings. The monoisotopic (exact) mass is 297 g/mol. The molecule has 2 amide bonds. The van der Waals surface area contributed by atoms with Crippen LogP contribution in [0.2, 0.25) is 0 Å². The number of unbranched alkanes of at least 4 members (excludes halogenated alkanes) is 2. The molecule has 1 aromatic heterocycles. The maximum Gasteiger partial charge on any atom is 0.347 e. The van der Waals surface area contributed by atoms with Crippen molar-refractivity contribution in [3.8, 4) is 0 Å². The van der Waals surface area contributed by atoms with Gasteiger partial charge < -0.3 is 10.0 Å². The van der Waals surface area contributed by atoms with E-state index in [2.05, 4.69) is 11.9 Å². The molecule has 1 aliphatic rings. The van der Waals surface area contributed by atoms with Gasteiger partial charge in [-0.15, -0.1) is 0 Å². The van der Waals surface area contributed by atoms with Gasteiger partial charge in [0.05, 0.1) is 5.69 Å². The predicted molar refractivity (Wildman–Crippen MR) is 77.7 cm³/mol. The van der Waals surface area contributed by atoms with Gasteiger partial charge in [0, 0.05) is 19.6 Å². The summed E-state index contributed by atoms with van der Waals surface area (Å²) in [6, 6.07) is -0.0632. The molecule has 110 valence electrons. The lowest BCUT2D eigenvalue weighted by Gasteiger charge is -2.16. The fourth-order valence-corrected chi connectivity index (χ4v) is 3.14. The second-order valence-corrected chi connectivity index (χ2v) is 5.82. The topological polar surface area (TPSA) is 73.7 Å². The van der Waals surface area contributed by atoms with Gasteiger partial charge in [0.1, 0.15) is 4.88 Å². The van der Waals surface area contributed by atoms with Crippen molar-refractivity contribution in [2.75, 3.05) is 24.5 Å². The number of aromatic nitrogens is 1. The molecule has 0 unspecified atom stereocenters. The lowest BCUT2D eigenvalue weighted by Crippen LogP contribution is -2.32. The van der Waals surface area contributed by atoms with Crippen molar-refractivity contribution in [3.05, 3.63) is 10.6 Å². The zero-order valence-corrected chi connectivity index (χ0v) is 12.6. The molecule has 0 aliphatic carbocycles. The van der Waals surface area contributed by atoms with Gasteiger partial charge in [-0.25, -0.2) is 14.6 Å². The number of rotatable bonds is 6. The fourth-order valence-electron chi connectivity index (χ4n) is 2.22. The highest BCUT2D eigenvalue weighted by atomic mass is 32.1. The van der Waals surface area contributed by atoms with E-state index in [9.17, 15) is 9.59 Å². The Morgan fingerprint density at radius 3 is 2.75 bits per heavy atom. The van der Waals surface area contributed by atoms with Crippen LogP contribution in [0.15, 0.2) is 0 Å². The third-order valence-corrected chi connectivity index (χ3v) is 4.51. The minimum atomic E-state index is -0.988. The van der Waals surface area contributed by atoms with Crippen molar-refractivity contribution in [1.82, 2.24) is 9.88 Å². The first-order valence-electron chi connectivity index (χ1n) is 6.81. The molecule has 0 spiro atoms. The standard InChI is InChI=1S/C13H19N3O3S/c1-3-4-5-6-15-7-8-16(13(15)19)12-14-9(2)10(20-12)11(17)18/h3-8H2,1-2H3,(H,17,18). The van der Waals surface area contributed by atoms with Crippen LogP contribution in [0.3, 0.4) is 0 Å². The van der Waals surface area contributed by atoms with Gasteiger partial charge in [-0.3, -0.25) is 4.90 Å². The Hall–Kier alpha value is -1.63. The Bertz CT molecular complexity index is 515. The minimum absolute atomic E-state index is 0.0632. The van der Waals surface area contributed by atoms with Gasteiger partial charge in [0.25, 0.3) is 0 Å². The van der Waals surface area contributed by atoms with Crippen molar-refractivity contribution < 1.29 is 14.7 Å². The SMILES string of the molecule is CCCCCN1CCN(c2nc(C)c(C(=O)O)s2)C1=O. The van der Waals surface area contributed by atoms with Crippen LogP contribution in [-0.4, -0.2) is 46.6 Å². The van der Waals surface area contributed by atoms with Crippen LogP contribution >= 0.6 is 11.3 Å². The number of amides is 2. The molecule has 0 saturated carbocycles. The Morgan fingerprint density at radius 2 is 2.15 bits per heavy atom. The van der Waals surface area contributed by atoms with E-state index in [0.717, 1.165) is 37.1 Å². The maximum absolute atomic E-state index is 12.3. The third kappa shape index (κ3) is 2.92. The van der Waals surface area contributed by atoms with Gasteiger partial charge in [-0.2, -0.15) is 0 Å². The molecular weight excluding hydrogens is 278 g/mol. The molecule has 2 rings (SSSR count). The lowest BCUT2D eigenvalue weighted by molar-refractivity contribution is 0.0701. The summed E-state index contributed by atoms with van der Waals surface area (Å²) in [5.41, 5.74) is 0.467. The quantitative estimate of drug-likeness (QED) is 0.819. The summed E-state index contributed by atoms with van der Waals surface area (Å²) < 4.78 is 0. The smallest absolute Gasteiger partial charge is 0.347 e. The molecule has 20 heavy (non-hydrogen) atoms. The first kappa shape index (κ1) is 14.8. The van der Waals surface area contributed by atoms with E-state index in [4.69, 9.17) is 5.11 Å². The molecule has 2 heterocycles. The predicted octanol–water partition coefficient (Wildman–Crippen LogP) is 2.58. The number of aromatic carboxylic acids is 1. The van der Waals surface area contributed by atoms with Crippen molar-refractivity contribution in [2.45, 2.75) is 33.1 Å². The Balaban J connectivity index is 2.05. The summed E-state index contributed by atoms with van der Waals surface area (Å²) >= 11 is 1.07. The van der Waals surface area contributed by atoms with Gasteiger partial charge >= 0.3 is 12.0 Å². The van der Waals surface area contributed by atoms with E-state index in [1.54, 1.807) is 11.8 Å². The zero-order valence-electron chi connectivity index (χ0n) is 11.8. The minimum Gasteiger partial charge on any atom is -0.477 e. The molecule has 0 atom stereocenters. The molecule has 1 N–H and O–H groups in total. The van der Waals surface area contributed by atoms with Crippen LogP contribution in [0.5, 0.6) is 0 Å². The fraction of sp³-hybridized carbons (Fsp3) is 0.615. The molecule has 6 nitrogen and oxygen atoms in total. The highest BCUT2D eigenvalue weighted by Gasteiger charge is 2.32. The second-order valence-electron chi connectivity index (χ2n) is 4.84. The van der Waals surface area contributed by atoms with E-state index < -0.39 is 5.97 Å². The van der Waals surface area contributed by atoms with E-state index in [-0.39, 0.29) is 10.9 Å². The number of aryl methyl sites for hydroxylation is 1. The first-order chi connectivity index (χ1) is 9.54. The summed E-state index contributed by atoms with van der Waals surface area (Å²) in [4.78, 5) is 31.1. The number of carboxylic acid groups (broad SMARTS) is 1. The highest BCUT2D eigenvalue weighted by molar-refractivity contribution is 7.17. The number of thiazole rings is 1. The average molecular weight is 297 g/mol. The zero-order chi connectivity index (χ0) is 14.7. The van der Waals surface area contributed by atoms with E-state index in [1.165, 1.54) is 0 Å². The van der Waals surface area contributed by atoms with Crippen LogP contribution in [0.1, 0.15) is 41.6 Å². The molecule has 0 bridgehead atoms. The number of nitrogens with zero attached hydrogens (tertiary/aromatic N) is 3. The number of carbonyl (C=O) groups is 2. The van der Waals surface area contributed by atoms with Gasteiger partial charge in [-0.1, -0.05) is 31.1 Å². The normalized spacial score (nSPS) is 15.2. The van der Waals surface area contributed by atoms with Crippen molar-refractivity contribution in [3.63, 3.8) is 0 Å². The summed E-state index contributed by atoms with van der Waals surface area (Å²) in [5.74, 6) is -0.988. The van der Waals surface area contributed by atoms with Crippen molar-refractivity contribution in [1.29, 1.82) is 0 Å². The molecule has 0 aromatic carbocycles. The summed E-state index contributed by atoms with van der Waals surface area (Å²) in [6.45, 7) is 5.81. The molecular formula is C13H19N3O3S. The van der Waals surface area contributed by atoms with Crippen molar-refractivity contribution >= 4 is 28.5 Å². The molecule has 7 heteroatoms. The van der Waals surface area contributed by atoms with E-state index >= 15 is 0 Å². The largest absolute Gasteiger partial charge is 0.477 e. The molecule has 1 aliphatic heterocycles. The van der Waals surface area contributed by atoms with Crippen LogP contribution in [-0.2, 0) is 0 Å². The van der Waals surface area contributed by atoms with Gasteiger partial charge in [-0.05, 0) is 13.3 Å². The highest BCUT2D eigenvalue weighted by Crippen LogP contribution is 2.28. The average Bonchev–Trinajstić information content (AvgIpc) is 2.94. The first-order valence-corrected chi connectivity index (χ1v) is 7.63. The number of carbonyl (C=O) groups excluding carboxylic acids is 1. The Morgan fingerprint density at radius 1 is 1.40 bits per heavy atom. The second kappa shape index (κ2) is 6.21. The number of anilines is 1. The van der Waals surface area contributed by atoms with E-state index in [1.807, 2.05) is 4.90 Å². The summed E-state index contributed by atoms with van der Waals surface area (Å²) in [5, 5.41) is 9.53. The lowest BCUT2D eigenvalue weighted by atomic mass is 10.2. The Kier molecular flexibility index (Phi) is 4.59. The van der Waals surface area contributed by atoms with Gasteiger partial charge in [0.15, 0.2) is 5.13 Å². The summed E-state index contributed by atoms with van der Waals surface area (Å²) in [7, 11) is 0. The van der Waals surface area contributed by atoms with Crippen LogP contribution < -0.4 is 4.90 Å². The number of hydrogen-bond acceptors (Lipinski definition) is 4. The third-order valence-electron chi connectivity index (χ3n) is 3.34. The van der Waals surface area contributed by atoms with E-state index in [0.29, 0.717) is 23.9 Å². The Labute approximate surface area is 122 Å². The van der Waals surface area contributed by atoms with Crippen LogP contribution in [0, 0.1) is 6.92 Å². The maximum atomic E-state index is 12.3. The van der Waals surface area contributed by atoms with Gasteiger partial charge in [0.2, 0.25) is 0 Å².